The topological polar surface area (TPSA) is 49.4 Å². The van der Waals surface area contributed by atoms with E-state index in [-0.39, 0.29) is 10.9 Å². The van der Waals surface area contributed by atoms with Gasteiger partial charge in [0, 0.05) is 24.1 Å². The van der Waals surface area contributed by atoms with Crippen molar-refractivity contribution in [3.63, 3.8) is 0 Å². The van der Waals surface area contributed by atoms with E-state index in [0.29, 0.717) is 16.0 Å². The number of rotatable bonds is 3. The lowest BCUT2D eigenvalue weighted by atomic mass is 10.3. The van der Waals surface area contributed by atoms with Gasteiger partial charge in [-0.05, 0) is 47.1 Å². The molecule has 18 heavy (non-hydrogen) atoms. The SMILES string of the molecule is CN(C1CCNC1)S(=O)(=O)c1ccc(Cl)c(Br)c1. The summed E-state index contributed by atoms with van der Waals surface area (Å²) in [6, 6.07) is 4.67. The van der Waals surface area contributed by atoms with Gasteiger partial charge in [-0.15, -0.1) is 0 Å². The number of nitrogens with one attached hydrogen (secondary N) is 1. The first-order valence-electron chi connectivity index (χ1n) is 5.57. The summed E-state index contributed by atoms with van der Waals surface area (Å²) in [5.74, 6) is 0. The van der Waals surface area contributed by atoms with Crippen LogP contribution < -0.4 is 5.32 Å². The van der Waals surface area contributed by atoms with Crippen LogP contribution in [0.4, 0.5) is 0 Å². The monoisotopic (exact) mass is 352 g/mol. The molecular weight excluding hydrogens is 340 g/mol. The van der Waals surface area contributed by atoms with Crippen molar-refractivity contribution in [2.75, 3.05) is 20.1 Å². The molecule has 0 bridgehead atoms. The fourth-order valence-electron chi connectivity index (χ4n) is 1.95. The van der Waals surface area contributed by atoms with Crippen LogP contribution >= 0.6 is 27.5 Å². The Kier molecular flexibility index (Phi) is 4.33. The first-order chi connectivity index (χ1) is 8.43. The molecule has 0 amide bonds. The van der Waals surface area contributed by atoms with E-state index in [9.17, 15) is 8.42 Å². The van der Waals surface area contributed by atoms with E-state index < -0.39 is 10.0 Å². The molecular formula is C11H14BrClN2O2S. The van der Waals surface area contributed by atoms with Crippen LogP contribution in [-0.4, -0.2) is 38.9 Å². The van der Waals surface area contributed by atoms with Crippen LogP contribution in [0, 0.1) is 0 Å². The van der Waals surface area contributed by atoms with Gasteiger partial charge in [-0.25, -0.2) is 8.42 Å². The van der Waals surface area contributed by atoms with E-state index in [0.717, 1.165) is 13.0 Å². The predicted molar refractivity (Wildman–Crippen MR) is 75.4 cm³/mol. The average Bonchev–Trinajstić information content (AvgIpc) is 2.85. The van der Waals surface area contributed by atoms with Crippen molar-refractivity contribution in [2.24, 2.45) is 0 Å². The van der Waals surface area contributed by atoms with Crippen molar-refractivity contribution in [1.29, 1.82) is 0 Å². The molecule has 4 nitrogen and oxygen atoms in total. The molecule has 100 valence electrons. The highest BCUT2D eigenvalue weighted by molar-refractivity contribution is 9.10. The summed E-state index contributed by atoms with van der Waals surface area (Å²) in [6.07, 6.45) is 0.838. The van der Waals surface area contributed by atoms with Crippen LogP contribution in [0.15, 0.2) is 27.6 Å². The van der Waals surface area contributed by atoms with Gasteiger partial charge in [-0.2, -0.15) is 4.31 Å². The molecule has 7 heteroatoms. The Labute approximate surface area is 120 Å². The molecule has 1 saturated heterocycles. The fourth-order valence-corrected chi connectivity index (χ4v) is 4.01. The lowest BCUT2D eigenvalue weighted by Gasteiger charge is -2.23. The largest absolute Gasteiger partial charge is 0.315 e. The van der Waals surface area contributed by atoms with Gasteiger partial charge in [-0.1, -0.05) is 11.6 Å². The van der Waals surface area contributed by atoms with E-state index in [4.69, 9.17) is 11.6 Å². The van der Waals surface area contributed by atoms with Gasteiger partial charge in [0.15, 0.2) is 0 Å². The predicted octanol–water partition coefficient (Wildman–Crippen LogP) is 2.08. The molecule has 1 aromatic carbocycles. The van der Waals surface area contributed by atoms with Crippen LogP contribution in [0.25, 0.3) is 0 Å². The first-order valence-corrected chi connectivity index (χ1v) is 8.18. The summed E-state index contributed by atoms with van der Waals surface area (Å²) in [6.45, 7) is 1.55. The number of hydrogen-bond acceptors (Lipinski definition) is 3. The lowest BCUT2D eigenvalue weighted by Crippen LogP contribution is -2.38. The Bertz CT molecular complexity index is 544. The molecule has 0 spiro atoms. The third kappa shape index (κ3) is 2.72. The molecule has 0 aliphatic carbocycles. The van der Waals surface area contributed by atoms with E-state index >= 15 is 0 Å². The summed E-state index contributed by atoms with van der Waals surface area (Å²) in [5, 5.41) is 3.66. The average molecular weight is 354 g/mol. The van der Waals surface area contributed by atoms with Gasteiger partial charge in [0.05, 0.1) is 9.92 Å². The van der Waals surface area contributed by atoms with Crippen molar-refractivity contribution in [2.45, 2.75) is 17.4 Å². The zero-order valence-corrected chi connectivity index (χ0v) is 13.0. The Morgan fingerprint density at radius 1 is 1.50 bits per heavy atom. The third-order valence-electron chi connectivity index (χ3n) is 3.12. The van der Waals surface area contributed by atoms with E-state index in [1.807, 2.05) is 0 Å². The molecule has 1 unspecified atom stereocenters. The zero-order chi connectivity index (χ0) is 13.3. The summed E-state index contributed by atoms with van der Waals surface area (Å²) < 4.78 is 26.9. The molecule has 1 heterocycles. The van der Waals surface area contributed by atoms with Crippen molar-refractivity contribution in [3.8, 4) is 0 Å². The number of likely N-dealkylation sites (N-methyl/N-ethyl adjacent to an activating group) is 1. The van der Waals surface area contributed by atoms with E-state index in [2.05, 4.69) is 21.2 Å². The molecule has 0 saturated carbocycles. The quantitative estimate of drug-likeness (QED) is 0.905. The summed E-state index contributed by atoms with van der Waals surface area (Å²) in [4.78, 5) is 0.258. The second-order valence-corrected chi connectivity index (χ2v) is 7.50. The minimum Gasteiger partial charge on any atom is -0.315 e. The zero-order valence-electron chi connectivity index (χ0n) is 9.86. The highest BCUT2D eigenvalue weighted by atomic mass is 79.9. The molecule has 1 aliphatic heterocycles. The normalized spacial score (nSPS) is 20.6. The van der Waals surface area contributed by atoms with E-state index in [1.54, 1.807) is 13.1 Å². The van der Waals surface area contributed by atoms with Gasteiger partial charge >= 0.3 is 0 Å². The van der Waals surface area contributed by atoms with Crippen LogP contribution in [0.3, 0.4) is 0 Å². The fraction of sp³-hybridized carbons (Fsp3) is 0.455. The van der Waals surface area contributed by atoms with Crippen LogP contribution in [0.2, 0.25) is 5.02 Å². The second kappa shape index (κ2) is 5.46. The summed E-state index contributed by atoms with van der Waals surface area (Å²) in [5.41, 5.74) is 0. The highest BCUT2D eigenvalue weighted by Crippen LogP contribution is 2.27. The molecule has 0 radical (unpaired) electrons. The number of hydrogen-bond donors (Lipinski definition) is 1. The smallest absolute Gasteiger partial charge is 0.243 e. The van der Waals surface area contributed by atoms with Gasteiger partial charge in [-0.3, -0.25) is 0 Å². The lowest BCUT2D eigenvalue weighted by molar-refractivity contribution is 0.388. The Hall–Kier alpha value is -0.140. The number of benzene rings is 1. The molecule has 1 fully saturated rings. The van der Waals surface area contributed by atoms with Crippen molar-refractivity contribution in [3.05, 3.63) is 27.7 Å². The number of sulfonamides is 1. The van der Waals surface area contributed by atoms with Crippen LogP contribution in [-0.2, 0) is 10.0 Å². The number of nitrogens with zero attached hydrogens (tertiary/aromatic N) is 1. The summed E-state index contributed by atoms with van der Waals surface area (Å²) in [7, 11) is -1.84. The molecule has 1 atom stereocenters. The maximum absolute atomic E-state index is 12.4. The van der Waals surface area contributed by atoms with Crippen molar-refractivity contribution < 1.29 is 8.42 Å². The highest BCUT2D eigenvalue weighted by Gasteiger charge is 2.30. The maximum atomic E-state index is 12.4. The minimum atomic E-state index is -3.46. The second-order valence-electron chi connectivity index (χ2n) is 4.24. The standard InChI is InChI=1S/C11H14BrClN2O2S/c1-15(8-4-5-14-7-8)18(16,17)9-2-3-11(13)10(12)6-9/h2-3,6,8,14H,4-5,7H2,1H3. The van der Waals surface area contributed by atoms with Gasteiger partial charge < -0.3 is 5.32 Å². The van der Waals surface area contributed by atoms with Gasteiger partial charge in [0.1, 0.15) is 0 Å². The molecule has 1 N–H and O–H groups in total. The summed E-state index contributed by atoms with van der Waals surface area (Å²) >= 11 is 9.12. The van der Waals surface area contributed by atoms with Crippen LogP contribution in [0.5, 0.6) is 0 Å². The Morgan fingerprint density at radius 2 is 2.22 bits per heavy atom. The Morgan fingerprint density at radius 3 is 2.78 bits per heavy atom. The number of halogens is 2. The van der Waals surface area contributed by atoms with Crippen LogP contribution in [0.1, 0.15) is 6.42 Å². The maximum Gasteiger partial charge on any atom is 0.243 e. The minimum absolute atomic E-state index is 0.0180. The van der Waals surface area contributed by atoms with Crippen molar-refractivity contribution in [1.82, 2.24) is 9.62 Å². The first kappa shape index (κ1) is 14.3. The van der Waals surface area contributed by atoms with E-state index in [1.165, 1.54) is 16.4 Å². The molecule has 1 aromatic rings. The Balaban J connectivity index is 2.32. The third-order valence-corrected chi connectivity index (χ3v) is 6.24. The van der Waals surface area contributed by atoms with Crippen molar-refractivity contribution >= 4 is 37.6 Å². The molecule has 1 aliphatic rings. The van der Waals surface area contributed by atoms with Gasteiger partial charge in [0.2, 0.25) is 10.0 Å². The molecule has 2 rings (SSSR count). The molecule has 0 aromatic heterocycles. The van der Waals surface area contributed by atoms with Gasteiger partial charge in [0.25, 0.3) is 0 Å².